The van der Waals surface area contributed by atoms with Crippen LogP contribution in [0.25, 0.3) is 60.5 Å². The van der Waals surface area contributed by atoms with Crippen molar-refractivity contribution in [3.8, 4) is 27.9 Å². The van der Waals surface area contributed by atoms with E-state index in [1.807, 2.05) is 0 Å². The van der Waals surface area contributed by atoms with Gasteiger partial charge in [-0.05, 0) is 104 Å². The molecule has 1 aromatic heterocycles. The van der Waals surface area contributed by atoms with Gasteiger partial charge >= 0.3 is 0 Å². The van der Waals surface area contributed by atoms with Crippen LogP contribution in [0, 0.1) is 0 Å². The van der Waals surface area contributed by atoms with Crippen LogP contribution >= 0.6 is 0 Å². The Bertz CT molecular complexity index is 3360. The molecule has 0 radical (unpaired) electrons. The third-order valence-corrected chi connectivity index (χ3v) is 12.8. The minimum absolute atomic E-state index is 0.537. The zero-order chi connectivity index (χ0) is 40.3. The Morgan fingerprint density at radius 3 is 1.69 bits per heavy atom. The van der Waals surface area contributed by atoms with Crippen LogP contribution in [0.5, 0.6) is 0 Å². The van der Waals surface area contributed by atoms with Crippen molar-refractivity contribution >= 4 is 49.6 Å². The van der Waals surface area contributed by atoms with E-state index in [9.17, 15) is 0 Å². The van der Waals surface area contributed by atoms with Gasteiger partial charge in [-0.1, -0.05) is 194 Å². The van der Waals surface area contributed by atoms with Crippen molar-refractivity contribution in [1.29, 1.82) is 0 Å². The van der Waals surface area contributed by atoms with E-state index >= 15 is 0 Å². The highest BCUT2D eigenvalue weighted by molar-refractivity contribution is 6.20. The fourth-order valence-corrected chi connectivity index (χ4v) is 10.3. The molecule has 0 unspecified atom stereocenters. The topological polar surface area (TPSA) is 8.17 Å². The van der Waals surface area contributed by atoms with Gasteiger partial charge in [-0.15, -0.1) is 0 Å². The summed E-state index contributed by atoms with van der Waals surface area (Å²) in [4.78, 5) is 2.51. The number of nitrogens with zero attached hydrogens (tertiary/aromatic N) is 2. The molecule has 0 saturated heterocycles. The molecule has 2 heteroatoms. The van der Waals surface area contributed by atoms with Crippen LogP contribution in [0.3, 0.4) is 0 Å². The summed E-state index contributed by atoms with van der Waals surface area (Å²) in [7, 11) is 0. The molecule has 1 aliphatic rings. The van der Waals surface area contributed by atoms with Crippen molar-refractivity contribution in [2.24, 2.45) is 0 Å². The summed E-state index contributed by atoms with van der Waals surface area (Å²) in [6.07, 6.45) is 0. The van der Waals surface area contributed by atoms with Crippen molar-refractivity contribution in [1.82, 2.24) is 4.57 Å². The highest BCUT2D eigenvalue weighted by Gasteiger charge is 2.46. The molecule has 0 aliphatic heterocycles. The highest BCUT2D eigenvalue weighted by atomic mass is 15.2. The fourth-order valence-electron chi connectivity index (χ4n) is 10.3. The van der Waals surface area contributed by atoms with E-state index < -0.39 is 5.41 Å². The molecule has 10 aromatic carbocycles. The lowest BCUT2D eigenvalue weighted by Crippen LogP contribution is -2.28. The number of anilines is 3. The lowest BCUT2D eigenvalue weighted by Gasteiger charge is -2.35. The molecule has 0 fully saturated rings. The number of fused-ring (bicyclic) bond motifs is 7. The van der Waals surface area contributed by atoms with Gasteiger partial charge in [0.2, 0.25) is 0 Å². The van der Waals surface area contributed by atoms with Gasteiger partial charge in [-0.25, -0.2) is 0 Å². The Kier molecular flexibility index (Phi) is 8.11. The third-order valence-electron chi connectivity index (χ3n) is 12.8. The number of hydrogen-bond donors (Lipinski definition) is 0. The number of benzene rings is 10. The molecule has 0 amide bonds. The Balaban J connectivity index is 1.22. The lowest BCUT2D eigenvalue weighted by atomic mass is 9.67. The normalized spacial score (nSPS) is 12.7. The second-order valence-corrected chi connectivity index (χ2v) is 16.0. The van der Waals surface area contributed by atoms with Crippen LogP contribution in [-0.4, -0.2) is 4.57 Å². The molecule has 0 atom stereocenters. The van der Waals surface area contributed by atoms with Gasteiger partial charge in [0.05, 0.1) is 22.1 Å². The average Bonchev–Trinajstić information content (AvgIpc) is 3.84. The molecule has 0 spiro atoms. The molecule has 2 nitrogen and oxygen atoms in total. The molecule has 1 heterocycles. The molecular weight excluding hydrogens is 737 g/mol. The molecule has 0 bridgehead atoms. The van der Waals surface area contributed by atoms with E-state index in [0.717, 1.165) is 28.3 Å². The van der Waals surface area contributed by atoms with Crippen LogP contribution in [-0.2, 0) is 5.41 Å². The van der Waals surface area contributed by atoms with E-state index in [0.29, 0.717) is 0 Å². The predicted molar refractivity (Wildman–Crippen MR) is 256 cm³/mol. The van der Waals surface area contributed by atoms with Gasteiger partial charge in [-0.2, -0.15) is 0 Å². The summed E-state index contributed by atoms with van der Waals surface area (Å²) in [5.41, 5.74) is 16.2. The van der Waals surface area contributed by atoms with Gasteiger partial charge in [0.1, 0.15) is 0 Å². The monoisotopic (exact) mass is 776 g/mol. The van der Waals surface area contributed by atoms with Crippen molar-refractivity contribution < 1.29 is 0 Å². The Hall–Kier alpha value is -7.94. The largest absolute Gasteiger partial charge is 0.308 e. The number of para-hydroxylation sites is 2. The molecule has 286 valence electrons. The van der Waals surface area contributed by atoms with Gasteiger partial charge in [-0.3, -0.25) is 0 Å². The third kappa shape index (κ3) is 5.36. The van der Waals surface area contributed by atoms with Crippen LogP contribution in [0.1, 0.15) is 22.3 Å². The van der Waals surface area contributed by atoms with Gasteiger partial charge in [0, 0.05) is 27.8 Å². The summed E-state index contributed by atoms with van der Waals surface area (Å²) >= 11 is 0. The minimum Gasteiger partial charge on any atom is -0.308 e. The van der Waals surface area contributed by atoms with E-state index in [1.54, 1.807) is 0 Å². The summed E-state index contributed by atoms with van der Waals surface area (Å²) < 4.78 is 2.47. The minimum atomic E-state index is -0.537. The van der Waals surface area contributed by atoms with E-state index in [4.69, 9.17) is 0 Å². The van der Waals surface area contributed by atoms with Crippen molar-refractivity contribution in [2.75, 3.05) is 4.90 Å². The second-order valence-electron chi connectivity index (χ2n) is 16.0. The first-order chi connectivity index (χ1) is 30.3. The molecule has 12 rings (SSSR count). The summed E-state index contributed by atoms with van der Waals surface area (Å²) in [6, 6.07) is 89.2. The second kappa shape index (κ2) is 14.1. The smallest absolute Gasteiger partial charge is 0.0788 e. The lowest BCUT2D eigenvalue weighted by molar-refractivity contribution is 0.768. The Morgan fingerprint density at radius 1 is 0.377 bits per heavy atom. The van der Waals surface area contributed by atoms with Gasteiger partial charge in [0.25, 0.3) is 0 Å². The molecular formula is C59H40N2. The van der Waals surface area contributed by atoms with Crippen molar-refractivity contribution in [2.45, 2.75) is 5.41 Å². The maximum absolute atomic E-state index is 2.51. The maximum atomic E-state index is 2.51. The van der Waals surface area contributed by atoms with Crippen LogP contribution in [0.4, 0.5) is 17.1 Å². The first kappa shape index (κ1) is 35.0. The quantitative estimate of drug-likeness (QED) is 0.156. The summed E-state index contributed by atoms with van der Waals surface area (Å²) in [5.74, 6) is 0. The first-order valence-corrected chi connectivity index (χ1v) is 21.1. The molecule has 11 aromatic rings. The van der Waals surface area contributed by atoms with Crippen molar-refractivity contribution in [3.05, 3.63) is 265 Å². The molecule has 1 aliphatic carbocycles. The highest BCUT2D eigenvalue weighted by Crippen LogP contribution is 2.58. The van der Waals surface area contributed by atoms with E-state index in [-0.39, 0.29) is 0 Å². The molecule has 61 heavy (non-hydrogen) atoms. The van der Waals surface area contributed by atoms with Gasteiger partial charge in [0.15, 0.2) is 0 Å². The summed E-state index contributed by atoms with van der Waals surface area (Å²) in [6.45, 7) is 0. The fraction of sp³-hybridized carbons (Fsp3) is 0.0169. The van der Waals surface area contributed by atoms with Crippen molar-refractivity contribution in [3.63, 3.8) is 0 Å². The summed E-state index contributed by atoms with van der Waals surface area (Å²) in [5, 5.41) is 4.86. The van der Waals surface area contributed by atoms with Crippen LogP contribution < -0.4 is 4.90 Å². The SMILES string of the molecule is c1ccc(-c2ccc(N(c3ccc4c(c3)C(c3ccccc3)(c3ccccc3)c3ccccc3-4)c3ccc4ccccc4c3)c3c2c2ccccc2n3-c2ccccc2)cc1. The number of rotatable bonds is 7. The Labute approximate surface area is 355 Å². The standard InChI is InChI=1S/C59H40N2/c1-5-20-42(21-6-1)49-37-38-56(58-57(49)52-30-16-18-32-55(52)61(58)46-27-11-4-12-28-46)60(47-34-33-41-19-13-14-22-43(41)39-47)48-35-36-51-50-29-15-17-31-53(50)59(54(51)40-48,44-23-7-2-8-24-44)45-25-9-3-10-26-45/h1-40H. The Morgan fingerprint density at radius 2 is 0.934 bits per heavy atom. The molecule has 0 N–H and O–H groups in total. The zero-order valence-corrected chi connectivity index (χ0v) is 33.5. The molecule has 0 saturated carbocycles. The average molecular weight is 777 g/mol. The van der Waals surface area contributed by atoms with Gasteiger partial charge < -0.3 is 9.47 Å². The zero-order valence-electron chi connectivity index (χ0n) is 33.5. The van der Waals surface area contributed by atoms with Crippen LogP contribution in [0.2, 0.25) is 0 Å². The number of hydrogen-bond acceptors (Lipinski definition) is 1. The predicted octanol–water partition coefficient (Wildman–Crippen LogP) is 15.4. The number of aromatic nitrogens is 1. The first-order valence-electron chi connectivity index (χ1n) is 21.1. The van der Waals surface area contributed by atoms with E-state index in [2.05, 4.69) is 252 Å². The van der Waals surface area contributed by atoms with E-state index in [1.165, 1.54) is 71.6 Å². The van der Waals surface area contributed by atoms with Crippen LogP contribution in [0.15, 0.2) is 243 Å². The maximum Gasteiger partial charge on any atom is 0.0788 e.